The Hall–Kier alpha value is -2.38. The molecular weight excluding hydrogens is 344 g/mol. The van der Waals surface area contributed by atoms with Gasteiger partial charge in [0.05, 0.1) is 30.4 Å². The zero-order chi connectivity index (χ0) is 19.1. The molecule has 1 saturated carbocycles. The first kappa shape index (κ1) is 18.0. The molecule has 1 aliphatic heterocycles. The summed E-state index contributed by atoms with van der Waals surface area (Å²) >= 11 is 0. The molecule has 8 heteroatoms. The van der Waals surface area contributed by atoms with E-state index in [2.05, 4.69) is 36.2 Å². The number of nitrogens with one attached hydrogen (secondary N) is 1. The van der Waals surface area contributed by atoms with E-state index >= 15 is 0 Å². The first-order chi connectivity index (χ1) is 12.9. The van der Waals surface area contributed by atoms with Gasteiger partial charge in [-0.05, 0) is 24.7 Å². The van der Waals surface area contributed by atoms with Crippen molar-refractivity contribution in [2.24, 2.45) is 11.8 Å². The molecule has 0 spiro atoms. The van der Waals surface area contributed by atoms with Gasteiger partial charge >= 0.3 is 0 Å². The minimum atomic E-state index is -0.0752. The first-order valence-corrected chi connectivity index (χ1v) is 9.90. The van der Waals surface area contributed by atoms with E-state index in [0.29, 0.717) is 37.3 Å². The average molecular weight is 372 g/mol. The number of aromatic nitrogens is 5. The Morgan fingerprint density at radius 2 is 2.15 bits per heavy atom. The monoisotopic (exact) mass is 372 g/mol. The third-order valence-electron chi connectivity index (χ3n) is 5.61. The zero-order valence-electron chi connectivity index (χ0n) is 16.3. The van der Waals surface area contributed by atoms with Crippen LogP contribution in [0.1, 0.15) is 56.7 Å². The van der Waals surface area contributed by atoms with Crippen LogP contribution in [0.15, 0.2) is 10.9 Å². The quantitative estimate of drug-likeness (QED) is 0.862. The fourth-order valence-corrected chi connectivity index (χ4v) is 4.12. The molecular formula is C19H28N6O2. The van der Waals surface area contributed by atoms with E-state index in [-0.39, 0.29) is 17.9 Å². The van der Waals surface area contributed by atoms with Gasteiger partial charge in [0, 0.05) is 31.3 Å². The summed E-state index contributed by atoms with van der Waals surface area (Å²) in [6.07, 6.45) is 3.23. The predicted octanol–water partition coefficient (Wildman–Crippen LogP) is 1.52. The summed E-state index contributed by atoms with van der Waals surface area (Å²) in [4.78, 5) is 26.7. The lowest BCUT2D eigenvalue weighted by atomic mass is 9.82. The minimum absolute atomic E-state index is 0.0355. The summed E-state index contributed by atoms with van der Waals surface area (Å²) in [5, 5.41) is 11.8. The molecule has 0 aromatic carbocycles. The number of amides is 1. The number of carbonyl (C=O) groups excluding carboxylic acids is 1. The highest BCUT2D eigenvalue weighted by atomic mass is 16.2. The predicted molar refractivity (Wildman–Crippen MR) is 100 cm³/mol. The van der Waals surface area contributed by atoms with Crippen molar-refractivity contribution >= 4 is 5.91 Å². The van der Waals surface area contributed by atoms with Gasteiger partial charge in [0.2, 0.25) is 5.91 Å². The maximum Gasteiger partial charge on any atom is 0.266 e. The van der Waals surface area contributed by atoms with E-state index in [4.69, 9.17) is 0 Å². The van der Waals surface area contributed by atoms with Crippen LogP contribution in [0.2, 0.25) is 0 Å². The van der Waals surface area contributed by atoms with E-state index in [1.165, 1.54) is 6.07 Å². The minimum Gasteiger partial charge on any atom is -0.336 e. The Balaban J connectivity index is 1.44. The number of fused-ring (bicyclic) bond motifs is 1. The van der Waals surface area contributed by atoms with Crippen molar-refractivity contribution in [3.8, 4) is 0 Å². The summed E-state index contributed by atoms with van der Waals surface area (Å²) in [5.74, 6) is 1.14. The van der Waals surface area contributed by atoms with Gasteiger partial charge in [-0.2, -0.15) is 0 Å². The fraction of sp³-hybridized carbons (Fsp3) is 0.684. The summed E-state index contributed by atoms with van der Waals surface area (Å²) in [6.45, 7) is 8.21. The van der Waals surface area contributed by atoms with Gasteiger partial charge in [-0.15, -0.1) is 5.10 Å². The van der Waals surface area contributed by atoms with Crippen LogP contribution >= 0.6 is 0 Å². The smallest absolute Gasteiger partial charge is 0.266 e. The standard InChI is InChI=1S/C19H28N6O2/c1-12(2)10-24-19(27)9-14(21-24)8-18(26)23-5-4-16-17(11-23)25(22-20-16)15-6-13(3)7-15/h9,12-13,15,21H,4-8,10-11H2,1-3H3. The Labute approximate surface area is 158 Å². The van der Waals surface area contributed by atoms with Crippen molar-refractivity contribution in [3.05, 3.63) is 33.5 Å². The van der Waals surface area contributed by atoms with Gasteiger partial charge in [-0.3, -0.25) is 19.4 Å². The van der Waals surface area contributed by atoms with E-state index in [0.717, 1.165) is 36.6 Å². The van der Waals surface area contributed by atoms with Gasteiger partial charge in [0.15, 0.2) is 0 Å². The van der Waals surface area contributed by atoms with Crippen LogP contribution in [-0.4, -0.2) is 42.1 Å². The van der Waals surface area contributed by atoms with Crippen LogP contribution in [0.5, 0.6) is 0 Å². The van der Waals surface area contributed by atoms with Gasteiger partial charge in [-0.1, -0.05) is 26.0 Å². The largest absolute Gasteiger partial charge is 0.336 e. The van der Waals surface area contributed by atoms with Crippen LogP contribution in [0.25, 0.3) is 0 Å². The number of carbonyl (C=O) groups is 1. The third-order valence-corrected chi connectivity index (χ3v) is 5.61. The zero-order valence-corrected chi connectivity index (χ0v) is 16.3. The second-order valence-electron chi connectivity index (χ2n) is 8.52. The maximum atomic E-state index is 12.8. The molecule has 1 fully saturated rings. The van der Waals surface area contributed by atoms with Crippen LogP contribution < -0.4 is 5.56 Å². The lowest BCUT2D eigenvalue weighted by Crippen LogP contribution is -2.39. The van der Waals surface area contributed by atoms with E-state index < -0.39 is 0 Å². The highest BCUT2D eigenvalue weighted by molar-refractivity contribution is 5.78. The van der Waals surface area contributed by atoms with Crippen molar-refractivity contribution in [3.63, 3.8) is 0 Å². The van der Waals surface area contributed by atoms with Crippen LogP contribution in [0.4, 0.5) is 0 Å². The van der Waals surface area contributed by atoms with Crippen molar-refractivity contribution in [1.82, 2.24) is 29.7 Å². The Morgan fingerprint density at radius 3 is 2.85 bits per heavy atom. The summed E-state index contributed by atoms with van der Waals surface area (Å²) in [7, 11) is 0. The lowest BCUT2D eigenvalue weighted by molar-refractivity contribution is -0.131. The molecule has 0 saturated heterocycles. The maximum absolute atomic E-state index is 12.8. The van der Waals surface area contributed by atoms with Crippen LogP contribution in [-0.2, 0) is 30.7 Å². The molecule has 0 radical (unpaired) electrons. The van der Waals surface area contributed by atoms with E-state index in [1.54, 1.807) is 4.68 Å². The molecule has 1 aliphatic carbocycles. The molecule has 0 bridgehead atoms. The number of hydrogen-bond acceptors (Lipinski definition) is 4. The molecule has 2 aromatic heterocycles. The third kappa shape index (κ3) is 3.57. The van der Waals surface area contributed by atoms with Gasteiger partial charge in [0.25, 0.3) is 5.56 Å². The van der Waals surface area contributed by atoms with Crippen molar-refractivity contribution in [2.75, 3.05) is 6.54 Å². The molecule has 2 aromatic rings. The lowest BCUT2D eigenvalue weighted by Gasteiger charge is -2.35. The summed E-state index contributed by atoms with van der Waals surface area (Å²) in [6, 6.07) is 1.96. The second-order valence-corrected chi connectivity index (χ2v) is 8.52. The Morgan fingerprint density at radius 1 is 1.37 bits per heavy atom. The molecule has 146 valence electrons. The van der Waals surface area contributed by atoms with Crippen molar-refractivity contribution < 1.29 is 4.79 Å². The van der Waals surface area contributed by atoms with Gasteiger partial charge < -0.3 is 4.90 Å². The highest BCUT2D eigenvalue weighted by Gasteiger charge is 2.33. The first-order valence-electron chi connectivity index (χ1n) is 9.90. The van der Waals surface area contributed by atoms with Crippen molar-refractivity contribution in [1.29, 1.82) is 0 Å². The number of H-pyrrole nitrogens is 1. The normalized spacial score (nSPS) is 22.0. The van der Waals surface area contributed by atoms with Gasteiger partial charge in [-0.25, -0.2) is 4.68 Å². The van der Waals surface area contributed by atoms with Crippen molar-refractivity contribution in [2.45, 2.75) is 65.6 Å². The Kier molecular flexibility index (Phi) is 4.65. The number of nitrogens with zero attached hydrogens (tertiary/aromatic N) is 5. The van der Waals surface area contributed by atoms with E-state index in [9.17, 15) is 9.59 Å². The molecule has 8 nitrogen and oxygen atoms in total. The fourth-order valence-electron chi connectivity index (χ4n) is 4.12. The molecule has 1 amide bonds. The van der Waals surface area contributed by atoms with Crippen LogP contribution in [0, 0.1) is 11.8 Å². The molecule has 4 rings (SSSR count). The van der Waals surface area contributed by atoms with E-state index in [1.807, 2.05) is 9.58 Å². The summed E-state index contributed by atoms with van der Waals surface area (Å²) in [5.41, 5.74) is 2.71. The molecule has 2 aliphatic rings. The van der Waals surface area contributed by atoms with Gasteiger partial charge in [0.1, 0.15) is 0 Å². The Bertz CT molecular complexity index is 886. The number of hydrogen-bond donors (Lipinski definition) is 1. The number of rotatable bonds is 5. The molecule has 0 unspecified atom stereocenters. The number of aromatic amines is 1. The molecule has 27 heavy (non-hydrogen) atoms. The highest BCUT2D eigenvalue weighted by Crippen LogP contribution is 2.38. The topological polar surface area (TPSA) is 88.8 Å². The second kappa shape index (κ2) is 6.98. The summed E-state index contributed by atoms with van der Waals surface area (Å²) < 4.78 is 3.62. The van der Waals surface area contributed by atoms with Crippen LogP contribution in [0.3, 0.4) is 0 Å². The average Bonchev–Trinajstić information content (AvgIpc) is 3.14. The molecule has 0 atom stereocenters. The molecule has 1 N–H and O–H groups in total. The molecule has 3 heterocycles. The SMILES string of the molecule is CC(C)Cn1[nH]c(CC(=O)N2CCc3nnn(C4CC(C)C4)c3C2)cc1=O.